The predicted octanol–water partition coefficient (Wildman–Crippen LogP) is 1.77. The molecule has 2 rings (SSSR count). The quantitative estimate of drug-likeness (QED) is 0.738. The molecule has 114 valence electrons. The predicted molar refractivity (Wildman–Crippen MR) is 82.8 cm³/mol. The highest BCUT2D eigenvalue weighted by Gasteiger charge is 2.05. The van der Waals surface area contributed by atoms with Crippen LogP contribution >= 0.6 is 0 Å². The van der Waals surface area contributed by atoms with Crippen LogP contribution < -0.4 is 5.32 Å². The van der Waals surface area contributed by atoms with Crippen LogP contribution in [0.4, 0.5) is 0 Å². The number of aliphatic hydroxyl groups excluding tert-OH is 1. The van der Waals surface area contributed by atoms with Gasteiger partial charge in [-0.25, -0.2) is 0 Å². The van der Waals surface area contributed by atoms with Gasteiger partial charge in [0.2, 0.25) is 0 Å². The highest BCUT2D eigenvalue weighted by Crippen LogP contribution is 2.05. The van der Waals surface area contributed by atoms with E-state index in [1.54, 1.807) is 4.68 Å². The molecule has 0 fully saturated rings. The molecule has 1 unspecified atom stereocenters. The molecule has 0 aliphatic rings. The van der Waals surface area contributed by atoms with Crippen molar-refractivity contribution in [3.05, 3.63) is 47.8 Å². The van der Waals surface area contributed by atoms with Crippen molar-refractivity contribution in [1.29, 1.82) is 0 Å². The number of aryl methyl sites for hydroxylation is 2. The zero-order valence-corrected chi connectivity index (χ0v) is 12.6. The Hall–Kier alpha value is -1.72. The van der Waals surface area contributed by atoms with Gasteiger partial charge in [-0.05, 0) is 31.7 Å². The number of benzene rings is 1. The van der Waals surface area contributed by atoms with E-state index in [0.29, 0.717) is 19.0 Å². The molecule has 0 spiro atoms. The van der Waals surface area contributed by atoms with E-state index >= 15 is 0 Å². The summed E-state index contributed by atoms with van der Waals surface area (Å²) in [6.45, 7) is 3.82. The Morgan fingerprint density at radius 3 is 2.86 bits per heavy atom. The molecular weight excluding hydrogens is 264 g/mol. The smallest absolute Gasteiger partial charge is 0.0964 e. The molecule has 5 heteroatoms. The molecule has 0 saturated carbocycles. The SMILES string of the molecule is CC(CCc1ccccc1)NCc1cn(CCCO)nn1. The van der Waals surface area contributed by atoms with Crippen LogP contribution in [-0.4, -0.2) is 32.7 Å². The standard InChI is InChI=1S/C16H24N4O/c1-14(8-9-15-6-3-2-4-7-15)17-12-16-13-20(19-18-16)10-5-11-21/h2-4,6-7,13-14,17,21H,5,8-12H2,1H3. The van der Waals surface area contributed by atoms with Gasteiger partial charge in [-0.3, -0.25) is 4.68 Å². The summed E-state index contributed by atoms with van der Waals surface area (Å²) in [5.41, 5.74) is 2.32. The van der Waals surface area contributed by atoms with Crippen molar-refractivity contribution in [2.45, 2.75) is 45.3 Å². The average Bonchev–Trinajstić information content (AvgIpc) is 2.98. The first-order chi connectivity index (χ1) is 10.3. The maximum atomic E-state index is 8.79. The second-order valence-electron chi connectivity index (χ2n) is 5.36. The molecule has 0 bridgehead atoms. The van der Waals surface area contributed by atoms with Crippen molar-refractivity contribution < 1.29 is 5.11 Å². The third kappa shape index (κ3) is 5.65. The van der Waals surface area contributed by atoms with Crippen molar-refractivity contribution in [3.8, 4) is 0 Å². The van der Waals surface area contributed by atoms with E-state index in [2.05, 4.69) is 46.8 Å². The number of hydrogen-bond donors (Lipinski definition) is 2. The van der Waals surface area contributed by atoms with Crippen molar-refractivity contribution in [3.63, 3.8) is 0 Å². The summed E-state index contributed by atoms with van der Waals surface area (Å²) >= 11 is 0. The minimum Gasteiger partial charge on any atom is -0.396 e. The van der Waals surface area contributed by atoms with Gasteiger partial charge in [-0.2, -0.15) is 0 Å². The second-order valence-corrected chi connectivity index (χ2v) is 5.36. The topological polar surface area (TPSA) is 63.0 Å². The fourth-order valence-corrected chi connectivity index (χ4v) is 2.17. The minimum atomic E-state index is 0.184. The number of aromatic nitrogens is 3. The van der Waals surface area contributed by atoms with Gasteiger partial charge in [-0.15, -0.1) is 5.10 Å². The van der Waals surface area contributed by atoms with Crippen LogP contribution in [0.25, 0.3) is 0 Å². The minimum absolute atomic E-state index is 0.184. The van der Waals surface area contributed by atoms with Crippen LogP contribution in [-0.2, 0) is 19.5 Å². The largest absolute Gasteiger partial charge is 0.396 e. The Morgan fingerprint density at radius 1 is 1.29 bits per heavy atom. The van der Waals surface area contributed by atoms with E-state index in [-0.39, 0.29) is 6.61 Å². The third-order valence-corrected chi connectivity index (χ3v) is 3.47. The summed E-state index contributed by atoms with van der Waals surface area (Å²) in [7, 11) is 0. The molecule has 0 amide bonds. The molecule has 1 aromatic carbocycles. The third-order valence-electron chi connectivity index (χ3n) is 3.47. The van der Waals surface area contributed by atoms with Crippen LogP contribution in [0.15, 0.2) is 36.5 Å². The van der Waals surface area contributed by atoms with Crippen molar-refractivity contribution in [2.75, 3.05) is 6.61 Å². The first-order valence-electron chi connectivity index (χ1n) is 7.55. The normalized spacial score (nSPS) is 12.5. The van der Waals surface area contributed by atoms with Gasteiger partial charge in [0.05, 0.1) is 5.69 Å². The van der Waals surface area contributed by atoms with Gasteiger partial charge in [0.25, 0.3) is 0 Å². The molecule has 21 heavy (non-hydrogen) atoms. The molecule has 1 atom stereocenters. The average molecular weight is 288 g/mol. The molecule has 2 aromatic rings. The molecule has 0 saturated heterocycles. The lowest BCUT2D eigenvalue weighted by molar-refractivity contribution is 0.276. The summed E-state index contributed by atoms with van der Waals surface area (Å²) in [6, 6.07) is 11.0. The Labute approximate surface area is 126 Å². The lowest BCUT2D eigenvalue weighted by Crippen LogP contribution is -2.26. The fraction of sp³-hybridized carbons (Fsp3) is 0.500. The molecule has 0 radical (unpaired) electrons. The lowest BCUT2D eigenvalue weighted by atomic mass is 10.1. The maximum Gasteiger partial charge on any atom is 0.0964 e. The first-order valence-corrected chi connectivity index (χ1v) is 7.55. The fourth-order valence-electron chi connectivity index (χ4n) is 2.17. The highest BCUT2D eigenvalue weighted by atomic mass is 16.3. The molecule has 2 N–H and O–H groups in total. The summed E-state index contributed by atoms with van der Waals surface area (Å²) in [5.74, 6) is 0. The summed E-state index contributed by atoms with van der Waals surface area (Å²) in [6.07, 6.45) is 4.83. The van der Waals surface area contributed by atoms with Crippen LogP contribution in [0, 0.1) is 0 Å². The number of nitrogens with one attached hydrogen (secondary N) is 1. The zero-order chi connectivity index (χ0) is 14.9. The number of rotatable bonds is 9. The number of nitrogens with zero attached hydrogens (tertiary/aromatic N) is 3. The van der Waals surface area contributed by atoms with Crippen LogP contribution in [0.5, 0.6) is 0 Å². The van der Waals surface area contributed by atoms with Gasteiger partial charge >= 0.3 is 0 Å². The van der Waals surface area contributed by atoms with E-state index in [9.17, 15) is 0 Å². The van der Waals surface area contributed by atoms with E-state index < -0.39 is 0 Å². The van der Waals surface area contributed by atoms with Crippen molar-refractivity contribution in [1.82, 2.24) is 20.3 Å². The summed E-state index contributed by atoms with van der Waals surface area (Å²) in [4.78, 5) is 0. The zero-order valence-electron chi connectivity index (χ0n) is 12.6. The van der Waals surface area contributed by atoms with Crippen LogP contribution in [0.2, 0.25) is 0 Å². The van der Waals surface area contributed by atoms with Crippen LogP contribution in [0.3, 0.4) is 0 Å². The van der Waals surface area contributed by atoms with E-state index in [0.717, 1.165) is 25.1 Å². The Balaban J connectivity index is 1.68. The number of aliphatic hydroxyl groups is 1. The second kappa shape index (κ2) is 8.54. The van der Waals surface area contributed by atoms with Crippen molar-refractivity contribution in [2.24, 2.45) is 0 Å². The van der Waals surface area contributed by atoms with Gasteiger partial charge in [-0.1, -0.05) is 35.5 Å². The van der Waals surface area contributed by atoms with Gasteiger partial charge in [0, 0.05) is 31.9 Å². The Morgan fingerprint density at radius 2 is 2.10 bits per heavy atom. The Kier molecular flexibility index (Phi) is 6.37. The number of hydrogen-bond acceptors (Lipinski definition) is 4. The van der Waals surface area contributed by atoms with E-state index in [1.807, 2.05) is 12.3 Å². The molecular formula is C16H24N4O. The van der Waals surface area contributed by atoms with Gasteiger partial charge < -0.3 is 10.4 Å². The van der Waals surface area contributed by atoms with E-state index in [4.69, 9.17) is 5.11 Å². The Bertz CT molecular complexity index is 512. The lowest BCUT2D eigenvalue weighted by Gasteiger charge is -2.12. The monoisotopic (exact) mass is 288 g/mol. The van der Waals surface area contributed by atoms with Gasteiger partial charge in [0.1, 0.15) is 0 Å². The van der Waals surface area contributed by atoms with Gasteiger partial charge in [0.15, 0.2) is 0 Å². The molecule has 0 aliphatic carbocycles. The molecule has 1 aromatic heterocycles. The summed E-state index contributed by atoms with van der Waals surface area (Å²) in [5, 5.41) is 20.4. The molecule has 5 nitrogen and oxygen atoms in total. The van der Waals surface area contributed by atoms with E-state index in [1.165, 1.54) is 5.56 Å². The first kappa shape index (κ1) is 15.7. The highest BCUT2D eigenvalue weighted by molar-refractivity contribution is 5.14. The van der Waals surface area contributed by atoms with Crippen LogP contribution in [0.1, 0.15) is 31.0 Å². The van der Waals surface area contributed by atoms with Crippen molar-refractivity contribution >= 4 is 0 Å². The molecule has 1 heterocycles. The summed E-state index contributed by atoms with van der Waals surface area (Å²) < 4.78 is 1.78. The maximum absolute atomic E-state index is 8.79. The molecule has 0 aliphatic heterocycles.